The number of thiazole rings is 1. The van der Waals surface area contributed by atoms with Gasteiger partial charge in [-0.2, -0.15) is 0 Å². The second-order valence-electron chi connectivity index (χ2n) is 3.74. The summed E-state index contributed by atoms with van der Waals surface area (Å²) in [6.45, 7) is 5.30. The van der Waals surface area contributed by atoms with Crippen molar-refractivity contribution >= 4 is 11.3 Å². The van der Waals surface area contributed by atoms with Crippen molar-refractivity contribution in [1.29, 1.82) is 0 Å². The number of hydrogen-bond acceptors (Lipinski definition) is 4. The first-order valence-corrected chi connectivity index (χ1v) is 6.12. The van der Waals surface area contributed by atoms with E-state index in [1.807, 2.05) is 0 Å². The van der Waals surface area contributed by atoms with Crippen LogP contribution in [0, 0.1) is 6.92 Å². The molecule has 0 radical (unpaired) electrons. The van der Waals surface area contributed by atoms with Crippen molar-refractivity contribution in [3.05, 3.63) is 16.1 Å². The Kier molecular flexibility index (Phi) is 3.50. The van der Waals surface area contributed by atoms with Crippen LogP contribution in [0.1, 0.15) is 30.0 Å². The van der Waals surface area contributed by atoms with Crippen LogP contribution >= 0.6 is 11.3 Å². The maximum atomic E-state index is 4.42. The molecule has 4 heteroatoms. The molecule has 0 bridgehead atoms. The molecular weight excluding hydrogens is 194 g/mol. The third kappa shape index (κ3) is 2.77. The van der Waals surface area contributed by atoms with E-state index in [1.54, 1.807) is 11.3 Å². The lowest BCUT2D eigenvalue weighted by molar-refractivity contribution is 0.150. The maximum Gasteiger partial charge on any atom is 0.0897 e. The number of piperidine rings is 1. The summed E-state index contributed by atoms with van der Waals surface area (Å²) in [5.41, 5.74) is 4.59. The molecule has 3 nitrogen and oxygen atoms in total. The molecule has 1 aromatic rings. The first kappa shape index (κ1) is 10.1. The normalized spacial score (nSPS) is 18.6. The highest BCUT2D eigenvalue weighted by atomic mass is 32.1. The Labute approximate surface area is 89.1 Å². The fraction of sp³-hybridized carbons (Fsp3) is 0.700. The summed E-state index contributed by atoms with van der Waals surface area (Å²) < 4.78 is 0. The molecule has 2 heterocycles. The zero-order chi connectivity index (χ0) is 9.80. The van der Waals surface area contributed by atoms with Crippen LogP contribution in [0.25, 0.3) is 0 Å². The lowest BCUT2D eigenvalue weighted by Gasteiger charge is -2.26. The Morgan fingerprint density at radius 3 is 2.86 bits per heavy atom. The van der Waals surface area contributed by atoms with Gasteiger partial charge >= 0.3 is 0 Å². The number of aromatic nitrogens is 1. The Morgan fingerprint density at radius 1 is 1.43 bits per heavy atom. The second-order valence-corrected chi connectivity index (χ2v) is 4.80. The number of nitrogens with one attached hydrogen (secondary N) is 1. The van der Waals surface area contributed by atoms with Crippen molar-refractivity contribution in [3.8, 4) is 0 Å². The van der Waals surface area contributed by atoms with Crippen LogP contribution in [-0.2, 0) is 6.54 Å². The lowest BCUT2D eigenvalue weighted by Crippen LogP contribution is -2.41. The predicted octanol–water partition coefficient (Wildman–Crippen LogP) is 1.94. The third-order valence-electron chi connectivity index (χ3n) is 2.51. The van der Waals surface area contributed by atoms with E-state index in [1.165, 1.54) is 32.4 Å². The molecule has 1 saturated heterocycles. The number of hydrogen-bond donors (Lipinski definition) is 1. The fourth-order valence-corrected chi connectivity index (χ4v) is 2.35. The quantitative estimate of drug-likeness (QED) is 0.828. The molecule has 0 spiro atoms. The molecule has 0 atom stereocenters. The van der Waals surface area contributed by atoms with E-state index in [2.05, 4.69) is 27.7 Å². The van der Waals surface area contributed by atoms with Crippen molar-refractivity contribution < 1.29 is 0 Å². The lowest BCUT2D eigenvalue weighted by atomic mass is 10.2. The van der Waals surface area contributed by atoms with E-state index in [0.717, 1.165) is 17.2 Å². The molecular formula is C10H17N3S. The van der Waals surface area contributed by atoms with Gasteiger partial charge < -0.3 is 0 Å². The van der Waals surface area contributed by atoms with Crippen molar-refractivity contribution in [3.63, 3.8) is 0 Å². The number of hydrazine groups is 1. The fourth-order valence-electron chi connectivity index (χ4n) is 1.73. The van der Waals surface area contributed by atoms with E-state index < -0.39 is 0 Å². The molecule has 0 unspecified atom stereocenters. The molecule has 1 aliphatic heterocycles. The van der Waals surface area contributed by atoms with Gasteiger partial charge in [-0.1, -0.05) is 6.42 Å². The highest BCUT2D eigenvalue weighted by Gasteiger charge is 2.09. The summed E-state index contributed by atoms with van der Waals surface area (Å²) >= 11 is 1.72. The minimum atomic E-state index is 0.879. The zero-order valence-electron chi connectivity index (χ0n) is 8.62. The van der Waals surface area contributed by atoms with Gasteiger partial charge in [0.2, 0.25) is 0 Å². The zero-order valence-corrected chi connectivity index (χ0v) is 9.44. The topological polar surface area (TPSA) is 28.2 Å². The van der Waals surface area contributed by atoms with Crippen molar-refractivity contribution in [2.24, 2.45) is 0 Å². The van der Waals surface area contributed by atoms with Crippen LogP contribution in [0.15, 0.2) is 5.38 Å². The van der Waals surface area contributed by atoms with Gasteiger partial charge in [0.1, 0.15) is 0 Å². The van der Waals surface area contributed by atoms with Crippen LogP contribution in [0.3, 0.4) is 0 Å². The summed E-state index contributed by atoms with van der Waals surface area (Å²) in [7, 11) is 0. The van der Waals surface area contributed by atoms with E-state index in [9.17, 15) is 0 Å². The van der Waals surface area contributed by atoms with Crippen LogP contribution in [0.4, 0.5) is 0 Å². The smallest absolute Gasteiger partial charge is 0.0897 e. The average Bonchev–Trinajstić information content (AvgIpc) is 2.63. The van der Waals surface area contributed by atoms with Crippen LogP contribution < -0.4 is 5.43 Å². The third-order valence-corrected chi connectivity index (χ3v) is 3.33. The van der Waals surface area contributed by atoms with E-state index in [-0.39, 0.29) is 0 Å². The summed E-state index contributed by atoms with van der Waals surface area (Å²) in [5.74, 6) is 0. The predicted molar refractivity (Wildman–Crippen MR) is 59.1 cm³/mol. The number of aryl methyl sites for hydroxylation is 1. The molecule has 1 fully saturated rings. The minimum Gasteiger partial charge on any atom is -0.249 e. The second kappa shape index (κ2) is 4.87. The van der Waals surface area contributed by atoms with Gasteiger partial charge in [-0.25, -0.2) is 15.4 Å². The maximum absolute atomic E-state index is 4.42. The average molecular weight is 211 g/mol. The molecule has 14 heavy (non-hydrogen) atoms. The first-order valence-electron chi connectivity index (χ1n) is 5.24. The SMILES string of the molecule is Cc1nc(CNN2CCCCC2)cs1. The largest absolute Gasteiger partial charge is 0.249 e. The highest BCUT2D eigenvalue weighted by molar-refractivity contribution is 7.09. The number of rotatable bonds is 3. The Hall–Kier alpha value is -0.450. The van der Waals surface area contributed by atoms with Crippen molar-refractivity contribution in [2.45, 2.75) is 32.7 Å². The number of nitrogens with zero attached hydrogens (tertiary/aromatic N) is 2. The van der Waals surface area contributed by atoms with Gasteiger partial charge in [0.25, 0.3) is 0 Å². The molecule has 0 aliphatic carbocycles. The molecule has 0 aromatic carbocycles. The Bertz CT molecular complexity index is 279. The van der Waals surface area contributed by atoms with Gasteiger partial charge in [-0.3, -0.25) is 0 Å². The van der Waals surface area contributed by atoms with Gasteiger partial charge in [-0.15, -0.1) is 11.3 Å². The molecule has 2 rings (SSSR count). The van der Waals surface area contributed by atoms with Crippen LogP contribution in [0.2, 0.25) is 0 Å². The van der Waals surface area contributed by atoms with Gasteiger partial charge in [0.15, 0.2) is 0 Å². The van der Waals surface area contributed by atoms with E-state index >= 15 is 0 Å². The summed E-state index contributed by atoms with van der Waals surface area (Å²) in [4.78, 5) is 4.42. The molecule has 0 saturated carbocycles. The van der Waals surface area contributed by atoms with Gasteiger partial charge in [-0.05, 0) is 19.8 Å². The standard InChI is InChI=1S/C10H17N3S/c1-9-12-10(8-14-9)7-11-13-5-3-2-4-6-13/h8,11H,2-7H2,1H3. The summed E-state index contributed by atoms with van der Waals surface area (Å²) in [5, 5.41) is 5.60. The minimum absolute atomic E-state index is 0.879. The highest BCUT2D eigenvalue weighted by Crippen LogP contribution is 2.09. The monoisotopic (exact) mass is 211 g/mol. The molecule has 1 aliphatic rings. The first-order chi connectivity index (χ1) is 6.84. The molecule has 1 N–H and O–H groups in total. The van der Waals surface area contributed by atoms with Gasteiger partial charge in [0.05, 0.1) is 17.2 Å². The molecule has 78 valence electrons. The van der Waals surface area contributed by atoms with Crippen LogP contribution in [0.5, 0.6) is 0 Å². The van der Waals surface area contributed by atoms with E-state index in [4.69, 9.17) is 0 Å². The Balaban J connectivity index is 1.76. The summed E-state index contributed by atoms with van der Waals surface area (Å²) in [6, 6.07) is 0. The van der Waals surface area contributed by atoms with Crippen molar-refractivity contribution in [2.75, 3.05) is 13.1 Å². The van der Waals surface area contributed by atoms with E-state index in [0.29, 0.717) is 0 Å². The summed E-state index contributed by atoms with van der Waals surface area (Å²) in [6.07, 6.45) is 4.03. The Morgan fingerprint density at radius 2 is 2.21 bits per heavy atom. The van der Waals surface area contributed by atoms with Crippen molar-refractivity contribution in [1.82, 2.24) is 15.4 Å². The van der Waals surface area contributed by atoms with Gasteiger partial charge in [0, 0.05) is 18.5 Å². The molecule has 0 amide bonds. The molecule has 1 aromatic heterocycles. The van der Waals surface area contributed by atoms with Crippen LogP contribution in [-0.4, -0.2) is 23.1 Å².